The van der Waals surface area contributed by atoms with E-state index in [4.69, 9.17) is 9.47 Å². The maximum Gasteiger partial charge on any atom is 0.419 e. The van der Waals surface area contributed by atoms with E-state index in [1.54, 1.807) is 13.8 Å². The van der Waals surface area contributed by atoms with Crippen molar-refractivity contribution in [2.75, 3.05) is 13.7 Å². The molecule has 0 saturated heterocycles. The van der Waals surface area contributed by atoms with Gasteiger partial charge in [0.25, 0.3) is 5.95 Å². The fourth-order valence-electron chi connectivity index (χ4n) is 3.37. The summed E-state index contributed by atoms with van der Waals surface area (Å²) < 4.78 is 66.2. The van der Waals surface area contributed by atoms with Crippen LogP contribution < -0.4 is 4.74 Å². The molecule has 178 valence electrons. The molecule has 34 heavy (non-hydrogen) atoms. The number of hydrogen-bond acceptors (Lipinski definition) is 7. The monoisotopic (exact) mass is 478 g/mol. The first-order valence-electron chi connectivity index (χ1n) is 10.0. The second-order valence-corrected chi connectivity index (χ2v) is 7.16. The minimum atomic E-state index is -4.84. The number of nitrogens with zero attached hydrogens (tertiary/aromatic N) is 6. The maximum atomic E-state index is 13.7. The third-order valence-electron chi connectivity index (χ3n) is 5.04. The summed E-state index contributed by atoms with van der Waals surface area (Å²) in [6.45, 7) is 3.49. The Morgan fingerprint density at radius 2 is 1.94 bits per heavy atom. The van der Waals surface area contributed by atoms with Crippen molar-refractivity contribution in [1.29, 1.82) is 0 Å². The molecule has 0 fully saturated rings. The Kier molecular flexibility index (Phi) is 5.94. The second kappa shape index (κ2) is 8.72. The van der Waals surface area contributed by atoms with E-state index in [0.29, 0.717) is 11.0 Å². The van der Waals surface area contributed by atoms with Crippen molar-refractivity contribution < 1.29 is 31.8 Å². The Morgan fingerprint density at radius 1 is 1.18 bits per heavy atom. The highest BCUT2D eigenvalue weighted by Gasteiger charge is 2.35. The van der Waals surface area contributed by atoms with Gasteiger partial charge in [-0.1, -0.05) is 6.07 Å². The number of esters is 1. The molecular weight excluding hydrogens is 460 g/mol. The molecule has 0 bridgehead atoms. The lowest BCUT2D eigenvalue weighted by atomic mass is 10.0. The largest absolute Gasteiger partial charge is 0.479 e. The number of aromatic nitrogens is 6. The van der Waals surface area contributed by atoms with Crippen LogP contribution in [-0.4, -0.2) is 49.2 Å². The van der Waals surface area contributed by atoms with E-state index in [-0.39, 0.29) is 29.6 Å². The fourth-order valence-corrected chi connectivity index (χ4v) is 3.37. The van der Waals surface area contributed by atoms with Gasteiger partial charge in [-0.15, -0.1) is 0 Å². The van der Waals surface area contributed by atoms with Gasteiger partial charge in [-0.25, -0.2) is 18.9 Å². The third kappa shape index (κ3) is 4.16. The number of fused-ring (bicyclic) bond motifs is 1. The van der Waals surface area contributed by atoms with Gasteiger partial charge in [-0.3, -0.25) is 4.68 Å². The number of hydrogen-bond donors (Lipinski definition) is 0. The first-order chi connectivity index (χ1) is 16.1. The summed E-state index contributed by atoms with van der Waals surface area (Å²) >= 11 is 0. The maximum absolute atomic E-state index is 13.7. The molecular formula is C21H18F4N6O3. The molecule has 0 aliphatic carbocycles. The van der Waals surface area contributed by atoms with Crippen molar-refractivity contribution in [2.45, 2.75) is 26.1 Å². The smallest absolute Gasteiger partial charge is 0.419 e. The van der Waals surface area contributed by atoms with Crippen LogP contribution in [-0.2, 0) is 10.9 Å². The average Bonchev–Trinajstić information content (AvgIpc) is 3.45. The average molecular weight is 478 g/mol. The molecule has 1 aromatic carbocycles. The molecule has 4 aromatic rings. The number of benzene rings is 1. The van der Waals surface area contributed by atoms with Gasteiger partial charge in [0.1, 0.15) is 16.9 Å². The number of alkyl halides is 3. The van der Waals surface area contributed by atoms with Crippen molar-refractivity contribution >= 4 is 17.0 Å². The predicted molar refractivity (Wildman–Crippen MR) is 110 cm³/mol. The minimum Gasteiger partial charge on any atom is -0.479 e. The predicted octanol–water partition coefficient (Wildman–Crippen LogP) is 3.96. The molecule has 0 saturated carbocycles. The van der Waals surface area contributed by atoms with Crippen molar-refractivity contribution in [3.63, 3.8) is 0 Å². The fraction of sp³-hybridized carbons (Fsp3) is 0.286. The van der Waals surface area contributed by atoms with Gasteiger partial charge in [-0.2, -0.15) is 28.4 Å². The first-order valence-corrected chi connectivity index (χ1v) is 10.0. The third-order valence-corrected chi connectivity index (χ3v) is 5.04. The molecule has 0 radical (unpaired) electrons. The number of carbonyl (C=O) groups is 1. The van der Waals surface area contributed by atoms with Crippen LogP contribution in [0.1, 0.15) is 41.4 Å². The van der Waals surface area contributed by atoms with Crippen molar-refractivity contribution in [2.24, 2.45) is 0 Å². The second-order valence-electron chi connectivity index (χ2n) is 7.16. The Hall–Kier alpha value is -4.03. The summed E-state index contributed by atoms with van der Waals surface area (Å²) in [4.78, 5) is 20.6. The molecule has 1 atom stereocenters. The minimum absolute atomic E-state index is 0.0771. The quantitative estimate of drug-likeness (QED) is 0.306. The van der Waals surface area contributed by atoms with Crippen LogP contribution in [0.5, 0.6) is 5.88 Å². The Balaban J connectivity index is 1.75. The molecule has 0 N–H and O–H groups in total. The van der Waals surface area contributed by atoms with E-state index in [1.807, 2.05) is 0 Å². The molecule has 3 heterocycles. The van der Waals surface area contributed by atoms with E-state index >= 15 is 0 Å². The lowest BCUT2D eigenvalue weighted by molar-refractivity contribution is -0.140. The van der Waals surface area contributed by atoms with Crippen LogP contribution in [0.15, 0.2) is 36.8 Å². The van der Waals surface area contributed by atoms with Crippen LogP contribution in [0.4, 0.5) is 17.6 Å². The zero-order valence-electron chi connectivity index (χ0n) is 18.2. The zero-order chi connectivity index (χ0) is 24.6. The van der Waals surface area contributed by atoms with E-state index in [0.717, 1.165) is 12.1 Å². The SMILES string of the molecule is CCOC(=O)c1cnn(-c2nc(OC)c3c(cnn3C(C)c3ccc(F)c(C(F)(F)F)c3)n2)c1. The topological polar surface area (TPSA) is 97.0 Å². The Bertz CT molecular complexity index is 1360. The van der Waals surface area contributed by atoms with Crippen LogP contribution in [0.25, 0.3) is 17.0 Å². The van der Waals surface area contributed by atoms with Gasteiger partial charge >= 0.3 is 12.1 Å². The normalized spacial score (nSPS) is 12.7. The highest BCUT2D eigenvalue weighted by molar-refractivity contribution is 5.88. The molecule has 3 aromatic heterocycles. The Morgan fingerprint density at radius 3 is 2.62 bits per heavy atom. The molecule has 9 nitrogen and oxygen atoms in total. The molecule has 0 spiro atoms. The molecule has 0 aliphatic rings. The molecule has 13 heteroatoms. The summed E-state index contributed by atoms with van der Waals surface area (Å²) in [5, 5.41) is 8.31. The van der Waals surface area contributed by atoms with Crippen LogP contribution in [0.2, 0.25) is 0 Å². The molecule has 4 rings (SSSR count). The number of halogens is 4. The number of methoxy groups -OCH3 is 1. The summed E-state index contributed by atoms with van der Waals surface area (Å²) in [7, 11) is 1.36. The summed E-state index contributed by atoms with van der Waals surface area (Å²) in [6.07, 6.45) is -0.753. The summed E-state index contributed by atoms with van der Waals surface area (Å²) in [5.74, 6) is -1.76. The summed E-state index contributed by atoms with van der Waals surface area (Å²) in [5.41, 5.74) is -0.356. The zero-order valence-corrected chi connectivity index (χ0v) is 18.2. The van der Waals surface area contributed by atoms with Gasteiger partial charge in [0.05, 0.1) is 43.3 Å². The van der Waals surface area contributed by atoms with E-state index in [9.17, 15) is 22.4 Å². The summed E-state index contributed by atoms with van der Waals surface area (Å²) in [6, 6.07) is 2.04. The van der Waals surface area contributed by atoms with Gasteiger partial charge in [-0.05, 0) is 31.5 Å². The van der Waals surface area contributed by atoms with Crippen molar-refractivity contribution in [3.05, 3.63) is 59.3 Å². The first kappa shape index (κ1) is 23.1. The van der Waals surface area contributed by atoms with E-state index in [1.165, 1.54) is 41.1 Å². The van der Waals surface area contributed by atoms with Gasteiger partial charge in [0.2, 0.25) is 5.88 Å². The van der Waals surface area contributed by atoms with E-state index < -0.39 is 29.6 Å². The van der Waals surface area contributed by atoms with Gasteiger partial charge in [0, 0.05) is 6.20 Å². The lowest BCUT2D eigenvalue weighted by Gasteiger charge is -2.17. The number of carbonyl (C=O) groups excluding carboxylic acids is 1. The highest BCUT2D eigenvalue weighted by atomic mass is 19.4. The molecule has 1 unspecified atom stereocenters. The molecule has 0 amide bonds. The lowest BCUT2D eigenvalue weighted by Crippen LogP contribution is -2.13. The van der Waals surface area contributed by atoms with Crippen LogP contribution in [0.3, 0.4) is 0 Å². The van der Waals surface area contributed by atoms with Crippen molar-refractivity contribution in [1.82, 2.24) is 29.5 Å². The van der Waals surface area contributed by atoms with Gasteiger partial charge in [0.15, 0.2) is 0 Å². The molecule has 0 aliphatic heterocycles. The van der Waals surface area contributed by atoms with Crippen molar-refractivity contribution in [3.8, 4) is 11.8 Å². The van der Waals surface area contributed by atoms with Crippen LogP contribution >= 0.6 is 0 Å². The number of ether oxygens (including phenoxy) is 2. The van der Waals surface area contributed by atoms with E-state index in [2.05, 4.69) is 20.2 Å². The Labute approximate surface area is 189 Å². The van der Waals surface area contributed by atoms with Crippen LogP contribution in [0, 0.1) is 5.82 Å². The number of rotatable bonds is 6. The van der Waals surface area contributed by atoms with Gasteiger partial charge < -0.3 is 9.47 Å². The standard InChI is InChI=1S/C21H18F4N6O3/c1-4-34-19(32)13-8-26-30(10-13)20-28-16-9-27-31(17(16)18(29-20)33-3)11(2)12-5-6-15(22)14(7-12)21(23,24)25/h5-11H,4H2,1-3H3. The highest BCUT2D eigenvalue weighted by Crippen LogP contribution is 2.35.